The third-order valence-corrected chi connectivity index (χ3v) is 2.53. The van der Waals surface area contributed by atoms with Crippen LogP contribution < -0.4 is 5.73 Å². The molecule has 16 heavy (non-hydrogen) atoms. The maximum Gasteiger partial charge on any atom is 0.214 e. The Bertz CT molecular complexity index is 520. The summed E-state index contributed by atoms with van der Waals surface area (Å²) in [6.45, 7) is 1.93. The Morgan fingerprint density at radius 1 is 1.25 bits per heavy atom. The van der Waals surface area contributed by atoms with E-state index in [4.69, 9.17) is 17.3 Å². The van der Waals surface area contributed by atoms with Crippen molar-refractivity contribution in [3.8, 4) is 11.1 Å². The lowest BCUT2D eigenvalue weighted by atomic mass is 10.0. The third kappa shape index (κ3) is 2.14. The van der Waals surface area contributed by atoms with Crippen molar-refractivity contribution in [2.75, 3.05) is 5.73 Å². The summed E-state index contributed by atoms with van der Waals surface area (Å²) in [5.74, 6) is -0.593. The van der Waals surface area contributed by atoms with Crippen LogP contribution in [0, 0.1) is 12.9 Å². The van der Waals surface area contributed by atoms with Crippen molar-refractivity contribution in [3.05, 3.63) is 47.0 Å². The summed E-state index contributed by atoms with van der Waals surface area (Å²) in [6.07, 6.45) is 0. The number of rotatable bonds is 1. The first-order chi connectivity index (χ1) is 7.56. The van der Waals surface area contributed by atoms with E-state index in [9.17, 15) is 4.39 Å². The number of benzene rings is 1. The first-order valence-corrected chi connectivity index (χ1v) is 5.13. The van der Waals surface area contributed by atoms with Crippen LogP contribution in [0.15, 0.2) is 30.3 Å². The Morgan fingerprint density at radius 2 is 2.00 bits per heavy atom. The first kappa shape index (κ1) is 10.9. The van der Waals surface area contributed by atoms with Crippen molar-refractivity contribution >= 4 is 17.3 Å². The van der Waals surface area contributed by atoms with E-state index in [0.29, 0.717) is 11.3 Å². The molecule has 0 bridgehead atoms. The van der Waals surface area contributed by atoms with Crippen molar-refractivity contribution in [2.45, 2.75) is 6.92 Å². The van der Waals surface area contributed by atoms with E-state index < -0.39 is 5.95 Å². The fourth-order valence-corrected chi connectivity index (χ4v) is 1.77. The number of hydrogen-bond donors (Lipinski definition) is 1. The number of aromatic nitrogens is 1. The summed E-state index contributed by atoms with van der Waals surface area (Å²) in [5, 5.41) is 0.136. The van der Waals surface area contributed by atoms with Crippen LogP contribution in [0.4, 0.5) is 10.1 Å². The van der Waals surface area contributed by atoms with Crippen LogP contribution in [0.2, 0.25) is 5.15 Å². The van der Waals surface area contributed by atoms with Crippen LogP contribution in [-0.2, 0) is 0 Å². The molecule has 0 amide bonds. The van der Waals surface area contributed by atoms with Gasteiger partial charge in [-0.15, -0.1) is 0 Å². The molecule has 0 saturated carbocycles. The second-order valence-electron chi connectivity index (χ2n) is 3.58. The maximum absolute atomic E-state index is 13.1. The van der Waals surface area contributed by atoms with Gasteiger partial charge in [-0.2, -0.15) is 4.39 Å². The molecule has 0 fully saturated rings. The Labute approximate surface area is 97.9 Å². The number of aryl methyl sites for hydroxylation is 1. The van der Waals surface area contributed by atoms with E-state index in [1.165, 1.54) is 6.07 Å². The van der Waals surface area contributed by atoms with Gasteiger partial charge in [0.25, 0.3) is 0 Å². The van der Waals surface area contributed by atoms with Crippen molar-refractivity contribution in [1.29, 1.82) is 0 Å². The average molecular weight is 237 g/mol. The molecule has 0 aliphatic carbocycles. The van der Waals surface area contributed by atoms with Crippen LogP contribution in [0.5, 0.6) is 0 Å². The lowest BCUT2D eigenvalue weighted by molar-refractivity contribution is 0.584. The van der Waals surface area contributed by atoms with E-state index in [-0.39, 0.29) is 5.15 Å². The molecule has 2 N–H and O–H groups in total. The van der Waals surface area contributed by atoms with Gasteiger partial charge in [0.2, 0.25) is 5.95 Å². The zero-order valence-electron chi connectivity index (χ0n) is 8.67. The molecule has 0 aliphatic heterocycles. The Hall–Kier alpha value is -1.61. The lowest BCUT2D eigenvalue weighted by Gasteiger charge is -2.07. The van der Waals surface area contributed by atoms with Gasteiger partial charge < -0.3 is 5.73 Å². The van der Waals surface area contributed by atoms with Gasteiger partial charge >= 0.3 is 0 Å². The van der Waals surface area contributed by atoms with Crippen molar-refractivity contribution < 1.29 is 4.39 Å². The quantitative estimate of drug-likeness (QED) is 0.609. The molecule has 1 heterocycles. The standard InChI is InChI=1S/C12H10ClFN2/c1-7-2-3-9(15)6-10(7)8-4-11(13)16-12(14)5-8/h2-6H,15H2,1H3. The van der Waals surface area contributed by atoms with Gasteiger partial charge in [0, 0.05) is 11.8 Å². The second kappa shape index (κ2) is 4.10. The molecule has 1 aromatic carbocycles. The highest BCUT2D eigenvalue weighted by Crippen LogP contribution is 2.27. The van der Waals surface area contributed by atoms with Crippen LogP contribution in [0.3, 0.4) is 0 Å². The number of hydrogen-bond acceptors (Lipinski definition) is 2. The van der Waals surface area contributed by atoms with Crippen molar-refractivity contribution in [1.82, 2.24) is 4.98 Å². The van der Waals surface area contributed by atoms with Gasteiger partial charge in [0.05, 0.1) is 0 Å². The van der Waals surface area contributed by atoms with E-state index in [1.54, 1.807) is 18.2 Å². The number of halogens is 2. The van der Waals surface area contributed by atoms with Gasteiger partial charge in [-0.25, -0.2) is 4.98 Å². The molecule has 0 atom stereocenters. The highest BCUT2D eigenvalue weighted by molar-refractivity contribution is 6.29. The molecule has 2 nitrogen and oxygen atoms in total. The predicted molar refractivity (Wildman–Crippen MR) is 63.8 cm³/mol. The molecule has 0 spiro atoms. The Morgan fingerprint density at radius 3 is 2.69 bits per heavy atom. The molecule has 0 radical (unpaired) electrons. The smallest absolute Gasteiger partial charge is 0.214 e. The van der Waals surface area contributed by atoms with E-state index in [1.807, 2.05) is 13.0 Å². The van der Waals surface area contributed by atoms with Crippen LogP contribution in [0.1, 0.15) is 5.56 Å². The molecule has 0 saturated heterocycles. The molecule has 2 aromatic rings. The maximum atomic E-state index is 13.1. The highest BCUT2D eigenvalue weighted by Gasteiger charge is 2.06. The molecule has 0 aliphatic rings. The molecule has 82 valence electrons. The molecule has 2 rings (SSSR count). The third-order valence-electron chi connectivity index (χ3n) is 2.34. The fourth-order valence-electron chi connectivity index (χ4n) is 1.57. The normalized spacial score (nSPS) is 10.4. The van der Waals surface area contributed by atoms with E-state index in [2.05, 4.69) is 4.98 Å². The first-order valence-electron chi connectivity index (χ1n) is 4.76. The monoisotopic (exact) mass is 236 g/mol. The number of anilines is 1. The molecule has 4 heteroatoms. The van der Waals surface area contributed by atoms with Gasteiger partial charge in [-0.3, -0.25) is 0 Å². The zero-order chi connectivity index (χ0) is 11.7. The summed E-state index contributed by atoms with van der Waals surface area (Å²) < 4.78 is 13.1. The number of pyridine rings is 1. The van der Waals surface area contributed by atoms with Crippen LogP contribution >= 0.6 is 11.6 Å². The summed E-state index contributed by atoms with van der Waals surface area (Å²) in [4.78, 5) is 3.48. The van der Waals surface area contributed by atoms with Crippen molar-refractivity contribution in [2.24, 2.45) is 0 Å². The molecular formula is C12H10ClFN2. The van der Waals surface area contributed by atoms with Crippen LogP contribution in [0.25, 0.3) is 11.1 Å². The van der Waals surface area contributed by atoms with Gasteiger partial charge in [-0.1, -0.05) is 17.7 Å². The number of nitrogens with zero attached hydrogens (tertiary/aromatic N) is 1. The minimum atomic E-state index is -0.593. The lowest BCUT2D eigenvalue weighted by Crippen LogP contribution is -1.91. The predicted octanol–water partition coefficient (Wildman–Crippen LogP) is 3.43. The Kier molecular flexibility index (Phi) is 2.79. The summed E-state index contributed by atoms with van der Waals surface area (Å²) in [6, 6.07) is 8.44. The number of nitrogens with two attached hydrogens (primary N) is 1. The van der Waals surface area contributed by atoms with Crippen LogP contribution in [-0.4, -0.2) is 4.98 Å². The number of nitrogen functional groups attached to an aromatic ring is 1. The van der Waals surface area contributed by atoms with Gasteiger partial charge in [-0.05, 0) is 41.8 Å². The van der Waals surface area contributed by atoms with E-state index in [0.717, 1.165) is 11.1 Å². The van der Waals surface area contributed by atoms with Gasteiger partial charge in [0.15, 0.2) is 0 Å². The Balaban J connectivity index is 2.62. The molecule has 1 aromatic heterocycles. The van der Waals surface area contributed by atoms with Gasteiger partial charge in [0.1, 0.15) is 5.15 Å². The fraction of sp³-hybridized carbons (Fsp3) is 0.0833. The minimum absolute atomic E-state index is 0.136. The molecular weight excluding hydrogens is 227 g/mol. The molecule has 0 unspecified atom stereocenters. The highest BCUT2D eigenvalue weighted by atomic mass is 35.5. The zero-order valence-corrected chi connectivity index (χ0v) is 9.42. The summed E-state index contributed by atoms with van der Waals surface area (Å²) in [7, 11) is 0. The average Bonchev–Trinajstić information content (AvgIpc) is 2.20. The SMILES string of the molecule is Cc1ccc(N)cc1-c1cc(F)nc(Cl)c1. The topological polar surface area (TPSA) is 38.9 Å². The minimum Gasteiger partial charge on any atom is -0.399 e. The summed E-state index contributed by atoms with van der Waals surface area (Å²) >= 11 is 5.71. The van der Waals surface area contributed by atoms with Crippen molar-refractivity contribution in [3.63, 3.8) is 0 Å². The summed E-state index contributed by atoms with van der Waals surface area (Å²) in [5.41, 5.74) is 8.89. The second-order valence-corrected chi connectivity index (χ2v) is 3.96. The van der Waals surface area contributed by atoms with E-state index >= 15 is 0 Å². The largest absolute Gasteiger partial charge is 0.399 e.